The lowest BCUT2D eigenvalue weighted by Crippen LogP contribution is -2.37. The largest absolute Gasteiger partial charge is 0.322 e. The molecule has 3 heteroatoms. The highest BCUT2D eigenvalue weighted by Crippen LogP contribution is 2.35. The molecule has 1 aliphatic rings. The number of fused-ring (bicyclic) bond motifs is 2. The number of pyridine rings is 1. The predicted octanol–water partition coefficient (Wildman–Crippen LogP) is 3.42. The predicted molar refractivity (Wildman–Crippen MR) is 93.1 cm³/mol. The summed E-state index contributed by atoms with van der Waals surface area (Å²) in [5.74, 6) is 0. The van der Waals surface area contributed by atoms with E-state index in [0.29, 0.717) is 0 Å². The summed E-state index contributed by atoms with van der Waals surface area (Å²) in [7, 11) is 0. The molecule has 3 nitrogen and oxygen atoms in total. The molecule has 3 rings (SSSR count). The summed E-state index contributed by atoms with van der Waals surface area (Å²) < 4.78 is 0. The number of nitrogens with two attached hydrogens (primary N) is 1. The average molecular weight is 297 g/mol. The first kappa shape index (κ1) is 15.4. The van der Waals surface area contributed by atoms with Crippen LogP contribution in [0.1, 0.15) is 48.7 Å². The Morgan fingerprint density at radius 3 is 2.64 bits per heavy atom. The van der Waals surface area contributed by atoms with E-state index in [-0.39, 0.29) is 5.54 Å². The number of aryl methyl sites for hydroxylation is 2. The maximum atomic E-state index is 6.59. The topological polar surface area (TPSA) is 42.2 Å². The fourth-order valence-electron chi connectivity index (χ4n) is 3.76. The highest BCUT2D eigenvalue weighted by molar-refractivity contribution is 5.88. The van der Waals surface area contributed by atoms with E-state index in [0.717, 1.165) is 31.6 Å². The van der Waals surface area contributed by atoms with Gasteiger partial charge in [-0.15, -0.1) is 0 Å². The molecule has 0 atom stereocenters. The number of aromatic nitrogens is 1. The summed E-state index contributed by atoms with van der Waals surface area (Å²) in [6, 6.07) is 4.47. The van der Waals surface area contributed by atoms with Crippen LogP contribution in [0.2, 0.25) is 0 Å². The van der Waals surface area contributed by atoms with Gasteiger partial charge in [0.2, 0.25) is 0 Å². The van der Waals surface area contributed by atoms with Crippen molar-refractivity contribution in [1.82, 2.24) is 9.88 Å². The van der Waals surface area contributed by atoms with Gasteiger partial charge < -0.3 is 5.73 Å². The van der Waals surface area contributed by atoms with E-state index in [4.69, 9.17) is 10.7 Å². The zero-order valence-corrected chi connectivity index (χ0v) is 14.5. The average Bonchev–Trinajstić information content (AvgIpc) is 2.43. The highest BCUT2D eigenvalue weighted by Gasteiger charge is 2.28. The van der Waals surface area contributed by atoms with E-state index in [1.54, 1.807) is 0 Å². The Kier molecular flexibility index (Phi) is 3.74. The van der Waals surface area contributed by atoms with Gasteiger partial charge in [-0.25, -0.2) is 0 Å². The molecule has 0 bridgehead atoms. The molecule has 0 spiro atoms. The maximum Gasteiger partial charge on any atom is 0.0738 e. The first-order valence-electron chi connectivity index (χ1n) is 8.25. The number of hydrogen-bond acceptors (Lipinski definition) is 3. The summed E-state index contributed by atoms with van der Waals surface area (Å²) in [5.41, 5.74) is 13.8. The van der Waals surface area contributed by atoms with E-state index >= 15 is 0 Å². The molecule has 2 N–H and O–H groups in total. The van der Waals surface area contributed by atoms with Crippen molar-refractivity contribution >= 4 is 10.9 Å². The van der Waals surface area contributed by atoms with Gasteiger partial charge in [-0.3, -0.25) is 9.88 Å². The van der Waals surface area contributed by atoms with Crippen LogP contribution in [0.5, 0.6) is 0 Å². The van der Waals surface area contributed by atoms with Gasteiger partial charge in [0.1, 0.15) is 0 Å². The molecule has 1 aromatic carbocycles. The molecule has 0 saturated carbocycles. The van der Waals surface area contributed by atoms with Crippen molar-refractivity contribution < 1.29 is 0 Å². The van der Waals surface area contributed by atoms with Crippen LogP contribution in [0.3, 0.4) is 0 Å². The minimum absolute atomic E-state index is 0.359. The Morgan fingerprint density at radius 1 is 1.27 bits per heavy atom. The monoisotopic (exact) mass is 297 g/mol. The van der Waals surface area contributed by atoms with Crippen LogP contribution in [-0.4, -0.2) is 23.0 Å². The highest BCUT2D eigenvalue weighted by atomic mass is 15.1. The van der Waals surface area contributed by atoms with E-state index < -0.39 is 0 Å². The number of benzene rings is 1. The summed E-state index contributed by atoms with van der Waals surface area (Å²) in [5, 5.41) is 1.24. The second-order valence-corrected chi connectivity index (χ2v) is 7.23. The van der Waals surface area contributed by atoms with Gasteiger partial charge in [0.25, 0.3) is 0 Å². The van der Waals surface area contributed by atoms with Crippen molar-refractivity contribution in [2.75, 3.05) is 13.1 Å². The summed E-state index contributed by atoms with van der Waals surface area (Å²) in [6.45, 7) is 13.9. The van der Waals surface area contributed by atoms with Crippen LogP contribution in [-0.2, 0) is 18.5 Å². The van der Waals surface area contributed by atoms with Crippen molar-refractivity contribution in [2.45, 2.75) is 53.1 Å². The number of rotatable bonds is 2. The van der Waals surface area contributed by atoms with Gasteiger partial charge >= 0.3 is 0 Å². The maximum absolute atomic E-state index is 6.59. The molecule has 2 heterocycles. The number of nitrogens with zero attached hydrogens (tertiary/aromatic N) is 2. The van der Waals surface area contributed by atoms with E-state index in [1.165, 1.54) is 33.3 Å². The molecule has 1 aliphatic heterocycles. The summed E-state index contributed by atoms with van der Waals surface area (Å²) in [6.07, 6.45) is 1.02. The van der Waals surface area contributed by atoms with E-state index in [9.17, 15) is 0 Å². The normalized spacial score (nSPS) is 16.1. The molecule has 0 unspecified atom stereocenters. The zero-order chi connectivity index (χ0) is 16.1. The Bertz CT molecular complexity index is 726. The fourth-order valence-corrected chi connectivity index (χ4v) is 3.76. The second kappa shape index (κ2) is 5.32. The molecule has 118 valence electrons. The Hall–Kier alpha value is -1.45. The van der Waals surface area contributed by atoms with Gasteiger partial charge in [0, 0.05) is 36.1 Å². The molecular weight excluding hydrogens is 270 g/mol. The summed E-state index contributed by atoms with van der Waals surface area (Å²) >= 11 is 0. The third-order valence-electron chi connectivity index (χ3n) is 4.75. The zero-order valence-electron chi connectivity index (χ0n) is 14.5. The lowest BCUT2D eigenvalue weighted by Gasteiger charge is -2.33. The second-order valence-electron chi connectivity index (χ2n) is 7.23. The van der Waals surface area contributed by atoms with Crippen molar-refractivity contribution in [3.05, 3.63) is 40.1 Å². The van der Waals surface area contributed by atoms with Crippen LogP contribution in [0.4, 0.5) is 0 Å². The van der Waals surface area contributed by atoms with Crippen molar-refractivity contribution in [2.24, 2.45) is 5.73 Å². The molecule has 1 aromatic heterocycles. The SMILES string of the molecule is CCN1CCc2nc3c(C)cc(C)cc3c(C(C)(C)N)c2C1. The molecule has 2 aromatic rings. The number of likely N-dealkylation sites (N-methyl/N-ethyl adjacent to an activating group) is 1. The Morgan fingerprint density at radius 2 is 2.00 bits per heavy atom. The van der Waals surface area contributed by atoms with E-state index in [2.05, 4.69) is 51.7 Å². The molecule has 22 heavy (non-hydrogen) atoms. The van der Waals surface area contributed by atoms with Crippen LogP contribution in [0, 0.1) is 13.8 Å². The lowest BCUT2D eigenvalue weighted by atomic mass is 9.84. The Balaban J connectivity index is 2.37. The van der Waals surface area contributed by atoms with Gasteiger partial charge in [0.15, 0.2) is 0 Å². The van der Waals surface area contributed by atoms with Crippen molar-refractivity contribution in [3.63, 3.8) is 0 Å². The summed E-state index contributed by atoms with van der Waals surface area (Å²) in [4.78, 5) is 7.50. The third-order valence-corrected chi connectivity index (χ3v) is 4.75. The number of hydrogen-bond donors (Lipinski definition) is 1. The first-order valence-corrected chi connectivity index (χ1v) is 8.25. The smallest absolute Gasteiger partial charge is 0.0738 e. The quantitative estimate of drug-likeness (QED) is 0.923. The standard InChI is InChI=1S/C19H27N3/c1-6-22-8-7-16-15(11-22)17(19(4,5)20)14-10-12(2)9-13(3)18(14)21-16/h9-10H,6-8,11,20H2,1-5H3. The van der Waals surface area contributed by atoms with Gasteiger partial charge in [0.05, 0.1) is 5.52 Å². The van der Waals surface area contributed by atoms with E-state index in [1.807, 2.05) is 0 Å². The minimum Gasteiger partial charge on any atom is -0.322 e. The lowest BCUT2D eigenvalue weighted by molar-refractivity contribution is 0.263. The van der Waals surface area contributed by atoms with Gasteiger partial charge in [-0.1, -0.05) is 18.6 Å². The first-order chi connectivity index (χ1) is 10.3. The van der Waals surface area contributed by atoms with Crippen molar-refractivity contribution in [3.8, 4) is 0 Å². The van der Waals surface area contributed by atoms with Crippen LogP contribution in [0.25, 0.3) is 10.9 Å². The molecular formula is C19H27N3. The molecule has 0 amide bonds. The van der Waals surface area contributed by atoms with Crippen LogP contribution in [0.15, 0.2) is 12.1 Å². The van der Waals surface area contributed by atoms with Crippen LogP contribution < -0.4 is 5.73 Å². The molecule has 0 radical (unpaired) electrons. The van der Waals surface area contributed by atoms with Crippen LogP contribution >= 0.6 is 0 Å². The molecule has 0 fully saturated rings. The van der Waals surface area contributed by atoms with Crippen molar-refractivity contribution in [1.29, 1.82) is 0 Å². The van der Waals surface area contributed by atoms with Gasteiger partial charge in [-0.2, -0.15) is 0 Å². The fraction of sp³-hybridized carbons (Fsp3) is 0.526. The molecule has 0 aliphatic carbocycles. The minimum atomic E-state index is -0.359. The molecule has 0 saturated heterocycles. The Labute approximate surface area is 133 Å². The third kappa shape index (κ3) is 2.53. The van der Waals surface area contributed by atoms with Gasteiger partial charge in [-0.05, 0) is 57.0 Å².